The number of pyridine rings is 1. The first-order chi connectivity index (χ1) is 5.84. The number of aromatic nitrogens is 1. The number of hydrogen-bond acceptors (Lipinski definition) is 3. The predicted octanol–water partition coefficient (Wildman–Crippen LogP) is 0.763. The minimum atomic E-state index is -0.273. The molecule has 0 saturated carbocycles. The lowest BCUT2D eigenvalue weighted by Crippen LogP contribution is -2.23. The van der Waals surface area contributed by atoms with Crippen LogP contribution in [0.15, 0.2) is 24.5 Å². The van der Waals surface area contributed by atoms with E-state index in [1.54, 1.807) is 25.3 Å². The van der Waals surface area contributed by atoms with Gasteiger partial charge in [0.2, 0.25) is 0 Å². The van der Waals surface area contributed by atoms with Crippen molar-refractivity contribution in [1.82, 2.24) is 10.5 Å². The maximum atomic E-state index is 11.1. The van der Waals surface area contributed by atoms with Crippen LogP contribution in [0.1, 0.15) is 17.3 Å². The number of nitrogens with one attached hydrogen (secondary N) is 1. The van der Waals surface area contributed by atoms with Gasteiger partial charge in [0.15, 0.2) is 0 Å². The van der Waals surface area contributed by atoms with Gasteiger partial charge in [-0.3, -0.25) is 14.6 Å². The van der Waals surface area contributed by atoms with E-state index in [0.717, 1.165) is 0 Å². The molecule has 1 aromatic rings. The van der Waals surface area contributed by atoms with Crippen molar-refractivity contribution in [1.29, 1.82) is 0 Å². The van der Waals surface area contributed by atoms with Crippen LogP contribution in [0.3, 0.4) is 0 Å². The highest BCUT2D eigenvalue weighted by Crippen LogP contribution is 1.94. The molecule has 1 aromatic heterocycles. The molecule has 0 aliphatic heterocycles. The van der Waals surface area contributed by atoms with Gasteiger partial charge in [0.25, 0.3) is 5.91 Å². The fourth-order valence-corrected chi connectivity index (χ4v) is 0.694. The average Bonchev–Trinajstić information content (AvgIpc) is 2.15. The number of carbonyl (C=O) groups is 1. The molecule has 0 aromatic carbocycles. The molecule has 0 spiro atoms. The Morgan fingerprint density at radius 1 is 1.75 bits per heavy atom. The van der Waals surface area contributed by atoms with Gasteiger partial charge in [-0.05, 0) is 19.1 Å². The highest BCUT2D eigenvalue weighted by molar-refractivity contribution is 5.92. The first-order valence-electron chi connectivity index (χ1n) is 3.66. The van der Waals surface area contributed by atoms with E-state index < -0.39 is 0 Å². The zero-order chi connectivity index (χ0) is 8.81. The van der Waals surface area contributed by atoms with E-state index in [9.17, 15) is 4.79 Å². The van der Waals surface area contributed by atoms with Crippen molar-refractivity contribution in [2.75, 3.05) is 6.61 Å². The summed E-state index contributed by atoms with van der Waals surface area (Å²) in [6.07, 6.45) is 3.09. The summed E-state index contributed by atoms with van der Waals surface area (Å²) in [5, 5.41) is 0. The Kier molecular flexibility index (Phi) is 3.22. The van der Waals surface area contributed by atoms with Crippen LogP contribution in [-0.4, -0.2) is 17.5 Å². The summed E-state index contributed by atoms with van der Waals surface area (Å²) in [6.45, 7) is 2.25. The standard InChI is InChI=1S/C8H10N2O2/c1-2-12-10-8(11)7-4-3-5-9-6-7/h3-6H,2H2,1H3,(H,10,11). The largest absolute Gasteiger partial charge is 0.276 e. The summed E-state index contributed by atoms with van der Waals surface area (Å²) in [6, 6.07) is 3.36. The number of hydroxylamine groups is 1. The van der Waals surface area contributed by atoms with Gasteiger partial charge in [0, 0.05) is 12.4 Å². The molecule has 1 rings (SSSR count). The highest BCUT2D eigenvalue weighted by atomic mass is 16.6. The van der Waals surface area contributed by atoms with Gasteiger partial charge in [0.1, 0.15) is 0 Å². The maximum absolute atomic E-state index is 11.1. The number of carbonyl (C=O) groups excluding carboxylic acids is 1. The highest BCUT2D eigenvalue weighted by Gasteiger charge is 2.02. The van der Waals surface area contributed by atoms with Crippen LogP contribution in [0, 0.1) is 0 Å². The molecule has 1 N–H and O–H groups in total. The van der Waals surface area contributed by atoms with Crippen molar-refractivity contribution in [3.63, 3.8) is 0 Å². The smallest absolute Gasteiger partial charge is 0.274 e. The van der Waals surface area contributed by atoms with E-state index in [0.29, 0.717) is 12.2 Å². The second-order valence-electron chi connectivity index (χ2n) is 2.11. The molecular formula is C8H10N2O2. The summed E-state index contributed by atoms with van der Waals surface area (Å²) in [5.41, 5.74) is 2.76. The molecule has 1 heterocycles. The predicted molar refractivity (Wildman–Crippen MR) is 43.3 cm³/mol. The molecule has 0 radical (unpaired) electrons. The third-order valence-corrected chi connectivity index (χ3v) is 1.23. The second kappa shape index (κ2) is 4.46. The van der Waals surface area contributed by atoms with E-state index >= 15 is 0 Å². The van der Waals surface area contributed by atoms with Crippen LogP contribution in [0.25, 0.3) is 0 Å². The van der Waals surface area contributed by atoms with E-state index in [1.165, 1.54) is 6.20 Å². The Morgan fingerprint density at radius 2 is 2.58 bits per heavy atom. The first-order valence-corrected chi connectivity index (χ1v) is 3.66. The summed E-state index contributed by atoms with van der Waals surface area (Å²) < 4.78 is 0. The molecule has 0 fully saturated rings. The van der Waals surface area contributed by atoms with Crippen molar-refractivity contribution < 1.29 is 9.63 Å². The zero-order valence-electron chi connectivity index (χ0n) is 6.78. The van der Waals surface area contributed by atoms with Gasteiger partial charge in [-0.15, -0.1) is 0 Å². The van der Waals surface area contributed by atoms with E-state index in [-0.39, 0.29) is 5.91 Å². The maximum Gasteiger partial charge on any atom is 0.276 e. The average molecular weight is 166 g/mol. The Balaban J connectivity index is 2.54. The van der Waals surface area contributed by atoms with Crippen LogP contribution in [0.2, 0.25) is 0 Å². The Hall–Kier alpha value is -1.42. The van der Waals surface area contributed by atoms with Crippen molar-refractivity contribution in [3.8, 4) is 0 Å². The number of nitrogens with zero attached hydrogens (tertiary/aromatic N) is 1. The molecule has 0 bridgehead atoms. The van der Waals surface area contributed by atoms with Gasteiger partial charge in [-0.1, -0.05) is 0 Å². The Bertz CT molecular complexity index is 248. The van der Waals surface area contributed by atoms with E-state index in [4.69, 9.17) is 4.84 Å². The topological polar surface area (TPSA) is 51.2 Å². The summed E-state index contributed by atoms with van der Waals surface area (Å²) in [5.74, 6) is -0.273. The quantitative estimate of drug-likeness (QED) is 0.674. The summed E-state index contributed by atoms with van der Waals surface area (Å²) >= 11 is 0. The van der Waals surface area contributed by atoms with Crippen LogP contribution in [-0.2, 0) is 4.84 Å². The molecule has 0 aliphatic carbocycles. The summed E-state index contributed by atoms with van der Waals surface area (Å²) in [4.78, 5) is 19.6. The van der Waals surface area contributed by atoms with Crippen LogP contribution >= 0.6 is 0 Å². The van der Waals surface area contributed by atoms with Crippen molar-refractivity contribution >= 4 is 5.91 Å². The SMILES string of the molecule is CCONC(=O)c1cccnc1. The molecule has 0 saturated heterocycles. The van der Waals surface area contributed by atoms with E-state index in [1.807, 2.05) is 0 Å². The monoisotopic (exact) mass is 166 g/mol. The minimum Gasteiger partial charge on any atom is -0.274 e. The van der Waals surface area contributed by atoms with Crippen molar-refractivity contribution in [3.05, 3.63) is 30.1 Å². The number of hydrogen-bond donors (Lipinski definition) is 1. The Morgan fingerprint density at radius 3 is 3.17 bits per heavy atom. The van der Waals surface area contributed by atoms with E-state index in [2.05, 4.69) is 10.5 Å². The summed E-state index contributed by atoms with van der Waals surface area (Å²) in [7, 11) is 0. The molecule has 0 atom stereocenters. The fraction of sp³-hybridized carbons (Fsp3) is 0.250. The minimum absolute atomic E-state index is 0.273. The van der Waals surface area contributed by atoms with Crippen molar-refractivity contribution in [2.24, 2.45) is 0 Å². The molecule has 1 amide bonds. The number of amides is 1. The van der Waals surface area contributed by atoms with Gasteiger partial charge < -0.3 is 0 Å². The van der Waals surface area contributed by atoms with Gasteiger partial charge >= 0.3 is 0 Å². The third-order valence-electron chi connectivity index (χ3n) is 1.23. The normalized spacial score (nSPS) is 9.42. The van der Waals surface area contributed by atoms with Crippen LogP contribution in [0.5, 0.6) is 0 Å². The second-order valence-corrected chi connectivity index (χ2v) is 2.11. The molecular weight excluding hydrogens is 156 g/mol. The van der Waals surface area contributed by atoms with Crippen LogP contribution < -0.4 is 5.48 Å². The van der Waals surface area contributed by atoms with Gasteiger partial charge in [0.05, 0.1) is 12.2 Å². The molecule has 0 aliphatic rings. The molecule has 4 heteroatoms. The van der Waals surface area contributed by atoms with Gasteiger partial charge in [-0.2, -0.15) is 0 Å². The first kappa shape index (κ1) is 8.67. The molecule has 12 heavy (non-hydrogen) atoms. The zero-order valence-corrected chi connectivity index (χ0v) is 6.78. The molecule has 4 nitrogen and oxygen atoms in total. The van der Waals surface area contributed by atoms with Crippen molar-refractivity contribution in [2.45, 2.75) is 6.92 Å². The Labute approximate surface area is 70.5 Å². The van der Waals surface area contributed by atoms with Crippen LogP contribution in [0.4, 0.5) is 0 Å². The number of rotatable bonds is 3. The lowest BCUT2D eigenvalue weighted by Gasteiger charge is -2.01. The lowest BCUT2D eigenvalue weighted by atomic mass is 10.3. The van der Waals surface area contributed by atoms with Gasteiger partial charge in [-0.25, -0.2) is 5.48 Å². The molecule has 64 valence electrons. The third kappa shape index (κ3) is 2.32. The lowest BCUT2D eigenvalue weighted by molar-refractivity contribution is 0.0364. The molecule has 0 unspecified atom stereocenters. The fourth-order valence-electron chi connectivity index (χ4n) is 0.694.